The standard InChI is InChI=1S/C19H12F3N5O/c20-19(21,22)17-7-13(5-6-25-17)26-11-14(8-23)27(18(26)28)16-10-24-9-12-3-1-2-4-15(12)16/h1-7,9-10,14H,11H2. The van der Waals surface area contributed by atoms with Gasteiger partial charge in [0.15, 0.2) is 0 Å². The number of alkyl halides is 3. The number of urea groups is 1. The average Bonchev–Trinajstić information content (AvgIpc) is 3.03. The van der Waals surface area contributed by atoms with Gasteiger partial charge in [-0.3, -0.25) is 19.8 Å². The van der Waals surface area contributed by atoms with Crippen LogP contribution in [0.25, 0.3) is 10.8 Å². The van der Waals surface area contributed by atoms with E-state index in [9.17, 15) is 23.2 Å². The van der Waals surface area contributed by atoms with E-state index >= 15 is 0 Å². The van der Waals surface area contributed by atoms with Gasteiger partial charge in [-0.25, -0.2) is 4.79 Å². The summed E-state index contributed by atoms with van der Waals surface area (Å²) in [5.74, 6) is 0. The van der Waals surface area contributed by atoms with Crippen LogP contribution in [0, 0.1) is 11.3 Å². The first-order chi connectivity index (χ1) is 13.4. The fourth-order valence-electron chi connectivity index (χ4n) is 3.22. The number of aromatic nitrogens is 2. The van der Waals surface area contributed by atoms with Crippen LogP contribution in [0.15, 0.2) is 55.0 Å². The zero-order chi connectivity index (χ0) is 19.9. The molecule has 0 bridgehead atoms. The van der Waals surface area contributed by atoms with E-state index in [-0.39, 0.29) is 12.2 Å². The van der Waals surface area contributed by atoms with Crippen LogP contribution in [0.4, 0.5) is 29.3 Å². The number of hydrogen-bond donors (Lipinski definition) is 0. The Hall–Kier alpha value is -3.67. The number of nitriles is 1. The topological polar surface area (TPSA) is 73.1 Å². The molecule has 1 aliphatic heterocycles. The van der Waals surface area contributed by atoms with E-state index in [0.29, 0.717) is 5.69 Å². The average molecular weight is 383 g/mol. The van der Waals surface area contributed by atoms with Crippen LogP contribution in [0.1, 0.15) is 5.69 Å². The van der Waals surface area contributed by atoms with E-state index in [2.05, 4.69) is 9.97 Å². The molecule has 1 fully saturated rings. The summed E-state index contributed by atoms with van der Waals surface area (Å²) in [6, 6.07) is 9.94. The molecule has 0 aliphatic carbocycles. The molecule has 2 aromatic heterocycles. The summed E-state index contributed by atoms with van der Waals surface area (Å²) < 4.78 is 38.9. The summed E-state index contributed by atoms with van der Waals surface area (Å²) in [5, 5.41) is 11.1. The Morgan fingerprint density at radius 1 is 1.18 bits per heavy atom. The van der Waals surface area contributed by atoms with Crippen LogP contribution in [-0.2, 0) is 6.18 Å². The van der Waals surface area contributed by atoms with Gasteiger partial charge in [0.2, 0.25) is 0 Å². The summed E-state index contributed by atoms with van der Waals surface area (Å²) >= 11 is 0. The molecular formula is C19H12F3N5O. The summed E-state index contributed by atoms with van der Waals surface area (Å²) in [5.41, 5.74) is -0.637. The molecule has 4 rings (SSSR count). The summed E-state index contributed by atoms with van der Waals surface area (Å²) in [4.78, 5) is 22.9. The van der Waals surface area contributed by atoms with Crippen molar-refractivity contribution in [3.63, 3.8) is 0 Å². The Bertz CT molecular complexity index is 1100. The molecule has 28 heavy (non-hydrogen) atoms. The predicted molar refractivity (Wildman–Crippen MR) is 95.6 cm³/mol. The van der Waals surface area contributed by atoms with Crippen molar-refractivity contribution in [1.29, 1.82) is 5.26 Å². The van der Waals surface area contributed by atoms with Gasteiger partial charge in [0.05, 0.1) is 24.5 Å². The number of fused-ring (bicyclic) bond motifs is 1. The Balaban J connectivity index is 1.78. The molecule has 140 valence electrons. The minimum atomic E-state index is -4.63. The van der Waals surface area contributed by atoms with Crippen LogP contribution < -0.4 is 9.80 Å². The normalized spacial score (nSPS) is 17.2. The predicted octanol–water partition coefficient (Wildman–Crippen LogP) is 3.99. The number of halogens is 3. The van der Waals surface area contributed by atoms with Gasteiger partial charge >= 0.3 is 12.2 Å². The second-order valence-corrected chi connectivity index (χ2v) is 6.18. The van der Waals surface area contributed by atoms with E-state index in [4.69, 9.17) is 0 Å². The molecule has 1 unspecified atom stereocenters. The lowest BCUT2D eigenvalue weighted by atomic mass is 10.1. The first-order valence-corrected chi connectivity index (χ1v) is 8.26. The molecule has 0 N–H and O–H groups in total. The highest BCUT2D eigenvalue weighted by Crippen LogP contribution is 2.35. The third kappa shape index (κ3) is 2.89. The zero-order valence-electron chi connectivity index (χ0n) is 14.3. The van der Waals surface area contributed by atoms with E-state index in [1.165, 1.54) is 17.2 Å². The second-order valence-electron chi connectivity index (χ2n) is 6.18. The monoisotopic (exact) mass is 383 g/mol. The highest BCUT2D eigenvalue weighted by molar-refractivity contribution is 6.11. The number of carbonyl (C=O) groups excluding carboxylic acids is 1. The number of pyridine rings is 2. The minimum absolute atomic E-state index is 0.0308. The molecule has 3 heterocycles. The van der Waals surface area contributed by atoms with Crippen molar-refractivity contribution >= 4 is 28.2 Å². The molecule has 3 aromatic rings. The highest BCUT2D eigenvalue weighted by atomic mass is 19.4. The molecule has 0 spiro atoms. The molecule has 1 saturated heterocycles. The van der Waals surface area contributed by atoms with E-state index in [0.717, 1.165) is 27.9 Å². The van der Waals surface area contributed by atoms with E-state index in [1.54, 1.807) is 18.3 Å². The van der Waals surface area contributed by atoms with Crippen molar-refractivity contribution in [1.82, 2.24) is 9.97 Å². The SMILES string of the molecule is N#CC1CN(c2ccnc(C(F)(F)F)c2)C(=O)N1c1cncc2ccccc12. The Morgan fingerprint density at radius 2 is 1.96 bits per heavy atom. The van der Waals surface area contributed by atoms with Gasteiger partial charge in [-0.15, -0.1) is 0 Å². The summed E-state index contributed by atoms with van der Waals surface area (Å²) in [7, 11) is 0. The highest BCUT2D eigenvalue weighted by Gasteiger charge is 2.41. The minimum Gasteiger partial charge on any atom is -0.291 e. The molecular weight excluding hydrogens is 371 g/mol. The van der Waals surface area contributed by atoms with Gasteiger partial charge in [-0.1, -0.05) is 24.3 Å². The van der Waals surface area contributed by atoms with Gasteiger partial charge in [-0.2, -0.15) is 18.4 Å². The Kier molecular flexibility index (Phi) is 4.11. The number of nitrogens with zero attached hydrogens (tertiary/aromatic N) is 5. The molecule has 1 atom stereocenters. The van der Waals surface area contributed by atoms with Gasteiger partial charge in [0, 0.05) is 28.9 Å². The molecule has 0 saturated carbocycles. The van der Waals surface area contributed by atoms with Gasteiger partial charge in [0.25, 0.3) is 0 Å². The maximum absolute atomic E-state index is 13.1. The quantitative estimate of drug-likeness (QED) is 0.671. The van der Waals surface area contributed by atoms with Crippen molar-refractivity contribution in [2.24, 2.45) is 0 Å². The number of amides is 2. The summed E-state index contributed by atoms with van der Waals surface area (Å²) in [6.07, 6.45) is -0.527. The fraction of sp³-hybridized carbons (Fsp3) is 0.158. The molecule has 1 aliphatic rings. The maximum Gasteiger partial charge on any atom is 0.433 e. The number of carbonyl (C=O) groups is 1. The largest absolute Gasteiger partial charge is 0.433 e. The van der Waals surface area contributed by atoms with Crippen LogP contribution in [-0.4, -0.2) is 28.6 Å². The van der Waals surface area contributed by atoms with Crippen molar-refractivity contribution in [3.05, 3.63) is 60.7 Å². The Labute approximate surface area is 157 Å². The molecule has 2 amide bonds. The number of anilines is 2. The number of hydrogen-bond acceptors (Lipinski definition) is 4. The first kappa shape index (κ1) is 17.7. The maximum atomic E-state index is 13.1. The third-order valence-electron chi connectivity index (χ3n) is 4.51. The number of benzene rings is 1. The lowest BCUT2D eigenvalue weighted by Crippen LogP contribution is -2.34. The zero-order valence-corrected chi connectivity index (χ0v) is 14.3. The summed E-state index contributed by atoms with van der Waals surface area (Å²) in [6.45, 7) is -0.0696. The van der Waals surface area contributed by atoms with Crippen molar-refractivity contribution in [2.45, 2.75) is 12.2 Å². The molecule has 1 aromatic carbocycles. The van der Waals surface area contributed by atoms with Gasteiger partial charge in [-0.05, 0) is 12.1 Å². The van der Waals surface area contributed by atoms with Crippen molar-refractivity contribution in [3.8, 4) is 6.07 Å². The van der Waals surface area contributed by atoms with Crippen LogP contribution >= 0.6 is 0 Å². The molecule has 6 nitrogen and oxygen atoms in total. The van der Waals surface area contributed by atoms with E-state index < -0.39 is 23.9 Å². The first-order valence-electron chi connectivity index (χ1n) is 8.26. The third-order valence-corrected chi connectivity index (χ3v) is 4.51. The van der Waals surface area contributed by atoms with Crippen molar-refractivity contribution in [2.75, 3.05) is 16.3 Å². The molecule has 9 heteroatoms. The lowest BCUT2D eigenvalue weighted by Gasteiger charge is -2.21. The Morgan fingerprint density at radius 3 is 2.71 bits per heavy atom. The lowest BCUT2D eigenvalue weighted by molar-refractivity contribution is -0.141. The second kappa shape index (κ2) is 6.49. The van der Waals surface area contributed by atoms with Crippen LogP contribution in [0.5, 0.6) is 0 Å². The number of rotatable bonds is 2. The van der Waals surface area contributed by atoms with Crippen LogP contribution in [0.2, 0.25) is 0 Å². The van der Waals surface area contributed by atoms with Crippen molar-refractivity contribution < 1.29 is 18.0 Å². The fourth-order valence-corrected chi connectivity index (χ4v) is 3.22. The van der Waals surface area contributed by atoms with Crippen LogP contribution in [0.3, 0.4) is 0 Å². The molecule has 0 radical (unpaired) electrons. The van der Waals surface area contributed by atoms with Gasteiger partial charge in [0.1, 0.15) is 11.7 Å². The smallest absolute Gasteiger partial charge is 0.291 e. The van der Waals surface area contributed by atoms with Gasteiger partial charge < -0.3 is 0 Å². The van der Waals surface area contributed by atoms with E-state index in [1.807, 2.05) is 18.2 Å².